The lowest BCUT2D eigenvalue weighted by Gasteiger charge is -2.01. The van der Waals surface area contributed by atoms with E-state index in [0.717, 1.165) is 15.8 Å². The first-order valence-electron chi connectivity index (χ1n) is 6.57. The van der Waals surface area contributed by atoms with Crippen LogP contribution in [-0.4, -0.2) is 10.9 Å². The van der Waals surface area contributed by atoms with Crippen LogP contribution in [0.15, 0.2) is 36.4 Å². The fourth-order valence-corrected chi connectivity index (χ4v) is 3.26. The molecule has 3 N–H and O–H groups in total. The molecule has 21 heavy (non-hydrogen) atoms. The van der Waals surface area contributed by atoms with Crippen LogP contribution in [0.1, 0.15) is 21.5 Å². The lowest BCUT2D eigenvalue weighted by atomic mass is 10.1. The summed E-state index contributed by atoms with van der Waals surface area (Å²) in [6.45, 7) is 4.08. The Morgan fingerprint density at radius 3 is 2.62 bits per heavy atom. The minimum Gasteiger partial charge on any atom is -0.399 e. The highest BCUT2D eigenvalue weighted by Gasteiger charge is 2.11. The lowest BCUT2D eigenvalue weighted by molar-refractivity contribution is 0.102. The first-order chi connectivity index (χ1) is 10.0. The third kappa shape index (κ3) is 2.73. The molecule has 0 unspecified atom stereocenters. The van der Waals surface area contributed by atoms with Crippen molar-refractivity contribution in [2.75, 3.05) is 11.1 Å². The van der Waals surface area contributed by atoms with Crippen LogP contribution in [0, 0.1) is 13.8 Å². The molecule has 0 atom stereocenters. The highest BCUT2D eigenvalue weighted by molar-refractivity contribution is 7.22. The minimum atomic E-state index is -0.177. The highest BCUT2D eigenvalue weighted by Crippen LogP contribution is 2.29. The monoisotopic (exact) mass is 297 g/mol. The van der Waals surface area contributed by atoms with E-state index in [4.69, 9.17) is 5.73 Å². The van der Waals surface area contributed by atoms with E-state index in [2.05, 4.69) is 29.4 Å². The highest BCUT2D eigenvalue weighted by atomic mass is 32.1. The van der Waals surface area contributed by atoms with Crippen LogP contribution in [0.25, 0.3) is 10.2 Å². The van der Waals surface area contributed by atoms with Gasteiger partial charge in [0.2, 0.25) is 0 Å². The standard InChI is InChI=1S/C16H15N3OS/c1-9-7-10(2)14-13(8-9)21-16(18-14)19-15(20)11-3-5-12(17)6-4-11/h3-8H,17H2,1-2H3,(H,18,19,20). The van der Waals surface area contributed by atoms with Gasteiger partial charge in [0.15, 0.2) is 5.13 Å². The normalized spacial score (nSPS) is 10.8. The van der Waals surface area contributed by atoms with Gasteiger partial charge in [0.05, 0.1) is 10.2 Å². The molecule has 1 aromatic heterocycles. The molecular weight excluding hydrogens is 282 g/mol. The Balaban J connectivity index is 1.89. The summed E-state index contributed by atoms with van der Waals surface area (Å²) in [5.41, 5.74) is 10.1. The van der Waals surface area contributed by atoms with Crippen molar-refractivity contribution in [3.63, 3.8) is 0 Å². The number of aryl methyl sites for hydroxylation is 2. The van der Waals surface area contributed by atoms with E-state index in [-0.39, 0.29) is 5.91 Å². The molecule has 0 aliphatic carbocycles. The SMILES string of the molecule is Cc1cc(C)c2nc(NC(=O)c3ccc(N)cc3)sc2c1. The Labute approximate surface area is 126 Å². The lowest BCUT2D eigenvalue weighted by Crippen LogP contribution is -2.11. The summed E-state index contributed by atoms with van der Waals surface area (Å²) in [4.78, 5) is 16.7. The maximum atomic E-state index is 12.2. The molecule has 4 nitrogen and oxygen atoms in total. The number of carbonyl (C=O) groups excluding carboxylic acids is 1. The maximum Gasteiger partial charge on any atom is 0.257 e. The number of thiazole rings is 1. The van der Waals surface area contributed by atoms with Crippen molar-refractivity contribution in [1.29, 1.82) is 0 Å². The van der Waals surface area contributed by atoms with Gasteiger partial charge >= 0.3 is 0 Å². The fourth-order valence-electron chi connectivity index (χ4n) is 2.23. The molecule has 3 aromatic rings. The Bertz CT molecular complexity index is 821. The van der Waals surface area contributed by atoms with E-state index < -0.39 is 0 Å². The predicted molar refractivity (Wildman–Crippen MR) is 87.9 cm³/mol. The first kappa shape index (κ1) is 13.6. The first-order valence-corrected chi connectivity index (χ1v) is 7.39. The number of amides is 1. The van der Waals surface area contributed by atoms with Gasteiger partial charge in [0.1, 0.15) is 0 Å². The zero-order valence-electron chi connectivity index (χ0n) is 11.8. The molecule has 0 bridgehead atoms. The molecule has 106 valence electrons. The van der Waals surface area contributed by atoms with E-state index in [0.29, 0.717) is 16.4 Å². The predicted octanol–water partition coefficient (Wildman–Crippen LogP) is 3.75. The molecule has 2 aromatic carbocycles. The minimum absolute atomic E-state index is 0.177. The molecular formula is C16H15N3OS. The number of fused-ring (bicyclic) bond motifs is 1. The molecule has 0 aliphatic rings. The third-order valence-corrected chi connectivity index (χ3v) is 4.14. The van der Waals surface area contributed by atoms with Gasteiger partial charge in [-0.3, -0.25) is 10.1 Å². The third-order valence-electron chi connectivity index (χ3n) is 3.22. The molecule has 0 spiro atoms. The van der Waals surface area contributed by atoms with Crippen molar-refractivity contribution in [3.8, 4) is 0 Å². The van der Waals surface area contributed by atoms with Crippen molar-refractivity contribution in [2.45, 2.75) is 13.8 Å². The molecule has 0 radical (unpaired) electrons. The Morgan fingerprint density at radius 1 is 1.19 bits per heavy atom. The number of carbonyl (C=O) groups is 1. The van der Waals surface area contributed by atoms with Gasteiger partial charge in [0, 0.05) is 11.3 Å². The van der Waals surface area contributed by atoms with Gasteiger partial charge in [-0.2, -0.15) is 0 Å². The van der Waals surface area contributed by atoms with E-state index in [1.54, 1.807) is 24.3 Å². The molecule has 0 fully saturated rings. The summed E-state index contributed by atoms with van der Waals surface area (Å²) in [5.74, 6) is -0.177. The van der Waals surface area contributed by atoms with E-state index in [1.807, 2.05) is 6.92 Å². The molecule has 5 heteroatoms. The maximum absolute atomic E-state index is 12.2. The smallest absolute Gasteiger partial charge is 0.257 e. The van der Waals surface area contributed by atoms with Crippen LogP contribution in [0.2, 0.25) is 0 Å². The van der Waals surface area contributed by atoms with Crippen molar-refractivity contribution >= 4 is 38.3 Å². The van der Waals surface area contributed by atoms with Gasteiger partial charge in [-0.1, -0.05) is 17.4 Å². The number of rotatable bonds is 2. The van der Waals surface area contributed by atoms with Crippen molar-refractivity contribution < 1.29 is 4.79 Å². The Morgan fingerprint density at radius 2 is 1.90 bits per heavy atom. The van der Waals surface area contributed by atoms with E-state index in [9.17, 15) is 4.79 Å². The summed E-state index contributed by atoms with van der Waals surface area (Å²) in [7, 11) is 0. The molecule has 1 heterocycles. The number of nitrogens with two attached hydrogens (primary N) is 1. The second-order valence-corrected chi connectivity index (χ2v) is 6.05. The molecule has 0 saturated carbocycles. The number of nitrogens with one attached hydrogen (secondary N) is 1. The van der Waals surface area contributed by atoms with Crippen LogP contribution < -0.4 is 11.1 Å². The van der Waals surface area contributed by atoms with Crippen molar-refractivity contribution in [1.82, 2.24) is 4.98 Å². The van der Waals surface area contributed by atoms with Crippen LogP contribution >= 0.6 is 11.3 Å². The molecule has 0 aliphatic heterocycles. The van der Waals surface area contributed by atoms with Gasteiger partial charge in [-0.15, -0.1) is 0 Å². The number of benzene rings is 2. The number of aromatic nitrogens is 1. The topological polar surface area (TPSA) is 68.0 Å². The van der Waals surface area contributed by atoms with Gasteiger partial charge in [0.25, 0.3) is 5.91 Å². The second kappa shape index (κ2) is 5.18. The largest absolute Gasteiger partial charge is 0.399 e. The average Bonchev–Trinajstić information content (AvgIpc) is 2.82. The number of hydrogen-bond donors (Lipinski definition) is 2. The van der Waals surface area contributed by atoms with Crippen LogP contribution in [0.3, 0.4) is 0 Å². The average molecular weight is 297 g/mol. The summed E-state index contributed by atoms with van der Waals surface area (Å²) >= 11 is 1.48. The fraction of sp³-hybridized carbons (Fsp3) is 0.125. The van der Waals surface area contributed by atoms with Gasteiger partial charge in [-0.25, -0.2) is 4.98 Å². The van der Waals surface area contributed by atoms with Crippen LogP contribution in [0.5, 0.6) is 0 Å². The zero-order valence-corrected chi connectivity index (χ0v) is 12.6. The second-order valence-electron chi connectivity index (χ2n) is 5.02. The van der Waals surface area contributed by atoms with E-state index in [1.165, 1.54) is 16.9 Å². The Kier molecular flexibility index (Phi) is 3.35. The summed E-state index contributed by atoms with van der Waals surface area (Å²) in [6.07, 6.45) is 0. The van der Waals surface area contributed by atoms with Crippen LogP contribution in [-0.2, 0) is 0 Å². The summed E-state index contributed by atoms with van der Waals surface area (Å²) in [6, 6.07) is 11.0. The molecule has 3 rings (SSSR count). The molecule has 0 saturated heterocycles. The summed E-state index contributed by atoms with van der Waals surface area (Å²) in [5, 5.41) is 3.45. The Hall–Kier alpha value is -2.40. The number of nitrogens with zero attached hydrogens (tertiary/aromatic N) is 1. The number of anilines is 2. The van der Waals surface area contributed by atoms with Gasteiger partial charge < -0.3 is 5.73 Å². The molecule has 1 amide bonds. The number of hydrogen-bond acceptors (Lipinski definition) is 4. The number of nitrogen functional groups attached to an aromatic ring is 1. The summed E-state index contributed by atoms with van der Waals surface area (Å²) < 4.78 is 1.08. The van der Waals surface area contributed by atoms with Crippen LogP contribution in [0.4, 0.5) is 10.8 Å². The van der Waals surface area contributed by atoms with Crippen molar-refractivity contribution in [2.24, 2.45) is 0 Å². The zero-order chi connectivity index (χ0) is 15.0. The quantitative estimate of drug-likeness (QED) is 0.708. The van der Waals surface area contributed by atoms with E-state index >= 15 is 0 Å². The van der Waals surface area contributed by atoms with Crippen molar-refractivity contribution in [3.05, 3.63) is 53.1 Å². The van der Waals surface area contributed by atoms with Gasteiger partial charge in [-0.05, 0) is 55.3 Å².